The topological polar surface area (TPSA) is 90.5 Å². The van der Waals surface area contributed by atoms with E-state index in [0.29, 0.717) is 19.8 Å². The molecule has 162 valence electrons. The summed E-state index contributed by atoms with van der Waals surface area (Å²) < 4.78 is 5.32. The van der Waals surface area contributed by atoms with E-state index in [1.54, 1.807) is 7.11 Å². The third-order valence-corrected chi connectivity index (χ3v) is 5.34. The molecule has 1 aromatic carbocycles. The van der Waals surface area contributed by atoms with E-state index in [0.717, 1.165) is 51.3 Å². The van der Waals surface area contributed by atoms with Crippen LogP contribution in [-0.4, -0.2) is 39.6 Å². The van der Waals surface area contributed by atoms with E-state index in [1.165, 1.54) is 0 Å². The Hall–Kier alpha value is -3.75. The minimum Gasteiger partial charge on any atom is -0.380 e. The summed E-state index contributed by atoms with van der Waals surface area (Å²) >= 11 is 0. The van der Waals surface area contributed by atoms with Gasteiger partial charge in [0.05, 0.1) is 30.2 Å². The molecule has 3 aromatic rings. The van der Waals surface area contributed by atoms with E-state index in [1.807, 2.05) is 66.7 Å². The summed E-state index contributed by atoms with van der Waals surface area (Å²) in [7, 11) is 1.70. The summed E-state index contributed by atoms with van der Waals surface area (Å²) in [5.41, 5.74) is 9.91. The number of ether oxygens (including phenoxy) is 1. The number of rotatable bonds is 7. The van der Waals surface area contributed by atoms with Crippen LogP contribution in [0.2, 0.25) is 0 Å². The van der Waals surface area contributed by atoms with Gasteiger partial charge in [0, 0.05) is 35.8 Å². The van der Waals surface area contributed by atoms with Gasteiger partial charge in [-0.3, -0.25) is 9.99 Å². The number of aromatic nitrogens is 3. The number of hydrazine groups is 1. The van der Waals surface area contributed by atoms with Crippen molar-refractivity contribution in [1.82, 2.24) is 25.4 Å². The monoisotopic (exact) mass is 427 g/mol. The van der Waals surface area contributed by atoms with Crippen LogP contribution in [0, 0.1) is 6.92 Å². The van der Waals surface area contributed by atoms with E-state index in [-0.39, 0.29) is 0 Å². The second kappa shape index (κ2) is 8.78. The molecule has 0 amide bonds. The van der Waals surface area contributed by atoms with Gasteiger partial charge < -0.3 is 15.0 Å². The van der Waals surface area contributed by atoms with Gasteiger partial charge in [0.25, 0.3) is 0 Å². The second-order valence-corrected chi connectivity index (χ2v) is 7.64. The lowest BCUT2D eigenvalue weighted by atomic mass is 10.1. The molecule has 0 saturated carbocycles. The standard InChI is InChI=1S/C24H25N7O/c1-16-6-5-9-20(28-16)24-23(17-10-11-22-26-15-27-31(22)13-17)29-21(30-24)12-25-19-8-4-3-7-18(19)14-32-2/h3-11,13,25,27H,12,14-15H2,1-2H3,(H,29,30). The van der Waals surface area contributed by atoms with Crippen LogP contribution in [0.4, 0.5) is 5.69 Å². The van der Waals surface area contributed by atoms with Gasteiger partial charge in [0.2, 0.25) is 0 Å². The SMILES string of the molecule is COCc1ccccc1NCc1nc(C2=CN3NCN=C3C=C2)c(-c2cccc(C)n2)[nH]1. The first-order chi connectivity index (χ1) is 15.7. The van der Waals surface area contributed by atoms with Crippen molar-refractivity contribution < 1.29 is 4.74 Å². The van der Waals surface area contributed by atoms with Crippen molar-refractivity contribution in [2.75, 3.05) is 19.1 Å². The van der Waals surface area contributed by atoms with Crippen molar-refractivity contribution in [3.63, 3.8) is 0 Å². The normalized spacial score (nSPS) is 14.9. The summed E-state index contributed by atoms with van der Waals surface area (Å²) in [5.74, 6) is 1.73. The molecule has 3 N–H and O–H groups in total. The van der Waals surface area contributed by atoms with E-state index < -0.39 is 0 Å². The van der Waals surface area contributed by atoms with Crippen molar-refractivity contribution >= 4 is 17.1 Å². The fourth-order valence-corrected chi connectivity index (χ4v) is 3.82. The van der Waals surface area contributed by atoms with Gasteiger partial charge in [-0.05, 0) is 37.3 Å². The van der Waals surface area contributed by atoms with Gasteiger partial charge in [-0.15, -0.1) is 0 Å². The maximum Gasteiger partial charge on any atom is 0.143 e. The van der Waals surface area contributed by atoms with Crippen molar-refractivity contribution in [2.45, 2.75) is 20.1 Å². The molecule has 32 heavy (non-hydrogen) atoms. The Morgan fingerprint density at radius 3 is 2.88 bits per heavy atom. The first-order valence-electron chi connectivity index (χ1n) is 10.5. The molecule has 0 radical (unpaired) electrons. The molecule has 2 aliphatic rings. The lowest BCUT2D eigenvalue weighted by molar-refractivity contribution is 0.185. The molecule has 8 nitrogen and oxygen atoms in total. The minimum atomic E-state index is 0.547. The molecule has 0 saturated heterocycles. The molecule has 2 aliphatic heterocycles. The number of anilines is 1. The lowest BCUT2D eigenvalue weighted by Crippen LogP contribution is -2.32. The van der Waals surface area contributed by atoms with Crippen molar-refractivity contribution in [3.05, 3.63) is 83.6 Å². The number of imidazole rings is 1. The number of aliphatic imine (C=N–C) groups is 1. The van der Waals surface area contributed by atoms with E-state index in [4.69, 9.17) is 14.7 Å². The fraction of sp³-hybridized carbons (Fsp3) is 0.208. The van der Waals surface area contributed by atoms with Crippen LogP contribution in [-0.2, 0) is 17.9 Å². The minimum absolute atomic E-state index is 0.547. The highest BCUT2D eigenvalue weighted by molar-refractivity contribution is 6.00. The zero-order valence-electron chi connectivity index (χ0n) is 18.1. The van der Waals surface area contributed by atoms with E-state index in [2.05, 4.69) is 26.8 Å². The Kier molecular flexibility index (Phi) is 5.53. The highest BCUT2D eigenvalue weighted by atomic mass is 16.5. The Bertz CT molecular complexity index is 1220. The van der Waals surface area contributed by atoms with Crippen molar-refractivity contribution in [2.24, 2.45) is 4.99 Å². The van der Waals surface area contributed by atoms with Crippen LogP contribution < -0.4 is 10.7 Å². The first-order valence-corrected chi connectivity index (χ1v) is 10.5. The molecule has 5 rings (SSSR count). The molecule has 0 aliphatic carbocycles. The van der Waals surface area contributed by atoms with Crippen LogP contribution in [0.25, 0.3) is 17.0 Å². The first kappa shape index (κ1) is 20.2. The number of fused-ring (bicyclic) bond motifs is 1. The maximum atomic E-state index is 5.32. The molecule has 0 bridgehead atoms. The number of methoxy groups -OCH3 is 1. The fourth-order valence-electron chi connectivity index (χ4n) is 3.82. The maximum absolute atomic E-state index is 5.32. The number of aryl methyl sites for hydroxylation is 1. The molecule has 0 spiro atoms. The van der Waals surface area contributed by atoms with Crippen LogP contribution in [0.15, 0.2) is 65.8 Å². The van der Waals surface area contributed by atoms with Crippen LogP contribution in [0.3, 0.4) is 0 Å². The Morgan fingerprint density at radius 1 is 1.09 bits per heavy atom. The number of para-hydroxylation sites is 1. The van der Waals surface area contributed by atoms with E-state index in [9.17, 15) is 0 Å². The number of hydrogen-bond donors (Lipinski definition) is 3. The number of hydrogen-bond acceptors (Lipinski definition) is 7. The van der Waals surface area contributed by atoms with Crippen LogP contribution in [0.1, 0.15) is 22.8 Å². The summed E-state index contributed by atoms with van der Waals surface area (Å²) in [6, 6.07) is 14.1. The average molecular weight is 428 g/mol. The van der Waals surface area contributed by atoms with Gasteiger partial charge in [-0.1, -0.05) is 24.3 Å². The number of allylic oxidation sites excluding steroid dienone is 2. The predicted molar refractivity (Wildman–Crippen MR) is 125 cm³/mol. The Morgan fingerprint density at radius 2 is 2.00 bits per heavy atom. The highest BCUT2D eigenvalue weighted by Crippen LogP contribution is 2.29. The summed E-state index contributed by atoms with van der Waals surface area (Å²) in [6.45, 7) is 3.67. The Balaban J connectivity index is 1.48. The zero-order chi connectivity index (χ0) is 21.9. The molecule has 0 atom stereocenters. The number of nitrogens with one attached hydrogen (secondary N) is 3. The predicted octanol–water partition coefficient (Wildman–Crippen LogP) is 3.63. The largest absolute Gasteiger partial charge is 0.380 e. The van der Waals surface area contributed by atoms with E-state index >= 15 is 0 Å². The van der Waals surface area contributed by atoms with Crippen molar-refractivity contribution in [3.8, 4) is 11.4 Å². The number of H-pyrrole nitrogens is 1. The molecule has 8 heteroatoms. The smallest absolute Gasteiger partial charge is 0.143 e. The molecular weight excluding hydrogens is 402 g/mol. The third-order valence-electron chi connectivity index (χ3n) is 5.34. The summed E-state index contributed by atoms with van der Waals surface area (Å²) in [5, 5.41) is 5.41. The van der Waals surface area contributed by atoms with Gasteiger partial charge in [0.1, 0.15) is 18.3 Å². The van der Waals surface area contributed by atoms with Crippen LogP contribution in [0.5, 0.6) is 0 Å². The lowest BCUT2D eigenvalue weighted by Gasteiger charge is -2.18. The van der Waals surface area contributed by atoms with Crippen molar-refractivity contribution in [1.29, 1.82) is 0 Å². The van der Waals surface area contributed by atoms with Gasteiger partial charge >= 0.3 is 0 Å². The molecule has 0 fully saturated rings. The molecule has 2 aromatic heterocycles. The van der Waals surface area contributed by atoms with Crippen LogP contribution >= 0.6 is 0 Å². The number of nitrogens with zero attached hydrogens (tertiary/aromatic N) is 4. The number of aromatic amines is 1. The highest BCUT2D eigenvalue weighted by Gasteiger charge is 2.22. The molecule has 4 heterocycles. The van der Waals surface area contributed by atoms with Gasteiger partial charge in [-0.2, -0.15) is 0 Å². The zero-order valence-corrected chi connectivity index (χ0v) is 18.1. The quantitative estimate of drug-likeness (QED) is 0.534. The number of amidine groups is 1. The summed E-state index contributed by atoms with van der Waals surface area (Å²) in [4.78, 5) is 17.6. The number of pyridine rings is 1. The molecule has 0 unspecified atom stereocenters. The number of benzene rings is 1. The summed E-state index contributed by atoms with van der Waals surface area (Å²) in [6.07, 6.45) is 6.06. The average Bonchev–Trinajstić information content (AvgIpc) is 3.45. The van der Waals surface area contributed by atoms with Gasteiger partial charge in [-0.25, -0.2) is 15.4 Å². The van der Waals surface area contributed by atoms with Gasteiger partial charge in [0.15, 0.2) is 0 Å². The Labute approximate surface area is 186 Å². The third kappa shape index (κ3) is 4.05. The second-order valence-electron chi connectivity index (χ2n) is 7.64. The molecular formula is C24H25N7O.